The summed E-state index contributed by atoms with van der Waals surface area (Å²) >= 11 is 0. The van der Waals surface area contributed by atoms with Crippen LogP contribution in [0.1, 0.15) is 13.8 Å². The molecule has 0 fully saturated rings. The highest BCUT2D eigenvalue weighted by Crippen LogP contribution is 2.00. The second-order valence-corrected chi connectivity index (χ2v) is 3.25. The Kier molecular flexibility index (Phi) is 4.58. The van der Waals surface area contributed by atoms with Crippen LogP contribution in [-0.2, 0) is 20.9 Å². The van der Waals surface area contributed by atoms with Gasteiger partial charge in [-0.05, 0) is 13.8 Å². The molecule has 1 aromatic rings. The molecule has 0 radical (unpaired) electrons. The van der Waals surface area contributed by atoms with Crippen LogP contribution in [0.2, 0.25) is 0 Å². The minimum Gasteiger partial charge on any atom is -0.480 e. The van der Waals surface area contributed by atoms with Crippen LogP contribution in [0.15, 0.2) is 6.33 Å². The Labute approximate surface area is 97.6 Å². The van der Waals surface area contributed by atoms with Gasteiger partial charge in [-0.1, -0.05) is 0 Å². The van der Waals surface area contributed by atoms with Crippen molar-refractivity contribution in [2.24, 2.45) is 0 Å². The number of carbonyl (C=O) groups is 2. The van der Waals surface area contributed by atoms with Crippen LogP contribution < -0.4 is 5.32 Å². The van der Waals surface area contributed by atoms with Crippen molar-refractivity contribution < 1.29 is 19.4 Å². The van der Waals surface area contributed by atoms with Crippen molar-refractivity contribution in [3.8, 4) is 0 Å². The predicted molar refractivity (Wildman–Crippen MR) is 57.4 cm³/mol. The molecule has 0 saturated carbocycles. The molecule has 8 heteroatoms. The number of aliphatic carboxylic acids is 1. The third-order valence-electron chi connectivity index (χ3n) is 1.85. The average molecular weight is 242 g/mol. The van der Waals surface area contributed by atoms with Gasteiger partial charge in [0.05, 0.1) is 0 Å². The normalized spacial score (nSPS) is 12.1. The van der Waals surface area contributed by atoms with Crippen LogP contribution in [0.5, 0.6) is 0 Å². The SMILES string of the molecule is CCOC(C)C(=O)Nc1ncn(CC(=O)O)n1. The van der Waals surface area contributed by atoms with Gasteiger partial charge in [-0.15, -0.1) is 5.10 Å². The van der Waals surface area contributed by atoms with Crippen molar-refractivity contribution in [2.75, 3.05) is 11.9 Å². The molecule has 0 aliphatic carbocycles. The highest BCUT2D eigenvalue weighted by molar-refractivity contribution is 5.92. The first-order valence-electron chi connectivity index (χ1n) is 5.06. The number of carboxylic acids is 1. The lowest BCUT2D eigenvalue weighted by molar-refractivity contribution is -0.137. The number of nitrogens with zero attached hydrogens (tertiary/aromatic N) is 3. The maximum absolute atomic E-state index is 11.5. The zero-order valence-corrected chi connectivity index (χ0v) is 9.58. The highest BCUT2D eigenvalue weighted by Gasteiger charge is 2.14. The van der Waals surface area contributed by atoms with E-state index in [1.165, 1.54) is 6.33 Å². The van der Waals surface area contributed by atoms with Crippen LogP contribution >= 0.6 is 0 Å². The van der Waals surface area contributed by atoms with Gasteiger partial charge >= 0.3 is 5.97 Å². The van der Waals surface area contributed by atoms with Crippen molar-refractivity contribution in [1.82, 2.24) is 14.8 Å². The standard InChI is InChI=1S/C9H14N4O4/c1-3-17-6(2)8(16)11-9-10-5-13(12-9)4-7(14)15/h5-6H,3-4H2,1-2H3,(H,14,15)(H,11,12,16). The Morgan fingerprint density at radius 2 is 2.35 bits per heavy atom. The number of amides is 1. The van der Waals surface area contributed by atoms with Gasteiger partial charge in [0.25, 0.3) is 5.91 Å². The van der Waals surface area contributed by atoms with Crippen molar-refractivity contribution in [3.05, 3.63) is 6.33 Å². The number of rotatable bonds is 6. The molecule has 8 nitrogen and oxygen atoms in total. The molecule has 0 aliphatic heterocycles. The van der Waals surface area contributed by atoms with E-state index in [-0.39, 0.29) is 18.4 Å². The Morgan fingerprint density at radius 1 is 1.65 bits per heavy atom. The van der Waals surface area contributed by atoms with Gasteiger partial charge in [-0.25, -0.2) is 9.67 Å². The molecular formula is C9H14N4O4. The van der Waals surface area contributed by atoms with Gasteiger partial charge in [0, 0.05) is 6.61 Å². The summed E-state index contributed by atoms with van der Waals surface area (Å²) in [7, 11) is 0. The van der Waals surface area contributed by atoms with E-state index in [0.29, 0.717) is 6.61 Å². The summed E-state index contributed by atoms with van der Waals surface area (Å²) in [5.74, 6) is -1.35. The third kappa shape index (κ3) is 4.19. The molecule has 0 spiro atoms. The molecule has 0 saturated heterocycles. The maximum atomic E-state index is 11.5. The van der Waals surface area contributed by atoms with E-state index in [9.17, 15) is 9.59 Å². The van der Waals surface area contributed by atoms with E-state index < -0.39 is 12.1 Å². The number of nitrogens with one attached hydrogen (secondary N) is 1. The van der Waals surface area contributed by atoms with E-state index in [1.807, 2.05) is 0 Å². The lowest BCUT2D eigenvalue weighted by Crippen LogP contribution is -2.28. The lowest BCUT2D eigenvalue weighted by atomic mass is 10.4. The summed E-state index contributed by atoms with van der Waals surface area (Å²) in [6.07, 6.45) is 0.626. The fourth-order valence-electron chi connectivity index (χ4n) is 1.10. The number of carbonyl (C=O) groups excluding carboxylic acids is 1. The molecule has 17 heavy (non-hydrogen) atoms. The van der Waals surface area contributed by atoms with Crippen molar-refractivity contribution in [2.45, 2.75) is 26.5 Å². The number of ether oxygens (including phenoxy) is 1. The molecule has 0 aliphatic rings. The first-order valence-corrected chi connectivity index (χ1v) is 5.06. The zero-order chi connectivity index (χ0) is 12.8. The first-order chi connectivity index (χ1) is 8.02. The molecular weight excluding hydrogens is 228 g/mol. The molecule has 94 valence electrons. The predicted octanol–water partition coefficient (Wildman–Crippen LogP) is -0.274. The number of carboxylic acid groups (broad SMARTS) is 1. The highest BCUT2D eigenvalue weighted by atomic mass is 16.5. The Bertz CT molecular complexity index is 403. The average Bonchev–Trinajstić information content (AvgIpc) is 2.64. The van der Waals surface area contributed by atoms with Crippen LogP contribution in [0.3, 0.4) is 0 Å². The molecule has 0 bridgehead atoms. The topological polar surface area (TPSA) is 106 Å². The second kappa shape index (κ2) is 5.94. The number of aromatic nitrogens is 3. The minimum atomic E-state index is -1.03. The van der Waals surface area contributed by atoms with E-state index in [0.717, 1.165) is 4.68 Å². The largest absolute Gasteiger partial charge is 0.480 e. The summed E-state index contributed by atoms with van der Waals surface area (Å²) in [4.78, 5) is 25.6. The molecule has 2 N–H and O–H groups in total. The van der Waals surface area contributed by atoms with Crippen LogP contribution in [0.25, 0.3) is 0 Å². The molecule has 1 atom stereocenters. The smallest absolute Gasteiger partial charge is 0.325 e. The van der Waals surface area contributed by atoms with Gasteiger partial charge in [0.2, 0.25) is 5.95 Å². The maximum Gasteiger partial charge on any atom is 0.325 e. The molecule has 1 unspecified atom stereocenters. The van der Waals surface area contributed by atoms with E-state index in [2.05, 4.69) is 15.4 Å². The summed E-state index contributed by atoms with van der Waals surface area (Å²) in [5, 5.41) is 14.7. The van der Waals surface area contributed by atoms with Crippen LogP contribution in [-0.4, -0.2) is 44.5 Å². The van der Waals surface area contributed by atoms with Crippen molar-refractivity contribution in [1.29, 1.82) is 0 Å². The van der Waals surface area contributed by atoms with Gasteiger partial charge < -0.3 is 9.84 Å². The van der Waals surface area contributed by atoms with Gasteiger partial charge in [-0.3, -0.25) is 14.9 Å². The molecule has 1 amide bonds. The van der Waals surface area contributed by atoms with Gasteiger partial charge in [0.15, 0.2) is 0 Å². The number of hydrogen-bond acceptors (Lipinski definition) is 5. The summed E-state index contributed by atoms with van der Waals surface area (Å²) in [5.41, 5.74) is 0. The summed E-state index contributed by atoms with van der Waals surface area (Å²) in [6, 6.07) is 0. The van der Waals surface area contributed by atoms with Gasteiger partial charge in [-0.2, -0.15) is 0 Å². The Balaban J connectivity index is 2.54. The second-order valence-electron chi connectivity index (χ2n) is 3.25. The monoisotopic (exact) mass is 242 g/mol. The quantitative estimate of drug-likeness (QED) is 0.711. The van der Waals surface area contributed by atoms with E-state index in [4.69, 9.17) is 9.84 Å². The first kappa shape index (κ1) is 13.1. The number of anilines is 1. The van der Waals surface area contributed by atoms with Gasteiger partial charge in [0.1, 0.15) is 19.0 Å². The molecule has 1 rings (SSSR count). The summed E-state index contributed by atoms with van der Waals surface area (Å²) in [6.45, 7) is 3.51. The van der Waals surface area contributed by atoms with Crippen LogP contribution in [0.4, 0.5) is 5.95 Å². The molecule has 1 aromatic heterocycles. The Hall–Kier alpha value is -1.96. The lowest BCUT2D eigenvalue weighted by Gasteiger charge is -2.09. The zero-order valence-electron chi connectivity index (χ0n) is 9.58. The van der Waals surface area contributed by atoms with E-state index in [1.54, 1.807) is 13.8 Å². The van der Waals surface area contributed by atoms with E-state index >= 15 is 0 Å². The molecule has 1 heterocycles. The van der Waals surface area contributed by atoms with Crippen LogP contribution in [0, 0.1) is 0 Å². The minimum absolute atomic E-state index is 0.0582. The van der Waals surface area contributed by atoms with Crippen molar-refractivity contribution >= 4 is 17.8 Å². The fraction of sp³-hybridized carbons (Fsp3) is 0.556. The molecule has 0 aromatic carbocycles. The van der Waals surface area contributed by atoms with Crippen molar-refractivity contribution in [3.63, 3.8) is 0 Å². The fourth-order valence-corrected chi connectivity index (χ4v) is 1.10. The summed E-state index contributed by atoms with van der Waals surface area (Å²) < 4.78 is 6.19. The number of hydrogen-bond donors (Lipinski definition) is 2. The third-order valence-corrected chi connectivity index (χ3v) is 1.85. The Morgan fingerprint density at radius 3 is 2.94 bits per heavy atom.